The van der Waals surface area contributed by atoms with Gasteiger partial charge < -0.3 is 0 Å². The van der Waals surface area contributed by atoms with Gasteiger partial charge in [0.15, 0.2) is 0 Å². The maximum atomic E-state index is 12.5. The molecule has 7 aromatic rings. The molecule has 1 nitrogen and oxygen atoms in total. The van der Waals surface area contributed by atoms with Crippen LogP contribution in [0.1, 0.15) is 170 Å². The monoisotopic (exact) mass is 863 g/mol. The Bertz CT molecular complexity index is 2860. The minimum Gasteiger partial charge on any atom is -0.298 e. The van der Waals surface area contributed by atoms with Crippen molar-refractivity contribution < 1.29 is 4.79 Å². The molecule has 0 saturated carbocycles. The van der Waals surface area contributed by atoms with Gasteiger partial charge in [-0.1, -0.05) is 206 Å². The lowest BCUT2D eigenvalue weighted by molar-refractivity contribution is 0.112. The molecule has 0 amide bonds. The lowest BCUT2D eigenvalue weighted by atomic mass is 9.65. The molecule has 0 unspecified atom stereocenters. The molecule has 0 saturated heterocycles. The molecule has 0 aromatic heterocycles. The van der Waals surface area contributed by atoms with Gasteiger partial charge in [0.25, 0.3) is 0 Å². The van der Waals surface area contributed by atoms with E-state index in [1.54, 1.807) is 0 Å². The highest BCUT2D eigenvalue weighted by atomic mass is 16.1. The van der Waals surface area contributed by atoms with E-state index >= 15 is 0 Å². The van der Waals surface area contributed by atoms with Gasteiger partial charge >= 0.3 is 0 Å². The average molecular weight is 863 g/mol. The Kier molecular flexibility index (Phi) is 11.8. The van der Waals surface area contributed by atoms with Crippen molar-refractivity contribution >= 4 is 6.29 Å². The van der Waals surface area contributed by atoms with Crippen LogP contribution >= 0.6 is 0 Å². The Labute approximate surface area is 394 Å². The van der Waals surface area contributed by atoms with Crippen LogP contribution in [0.2, 0.25) is 0 Å². The number of carbonyl (C=O) groups is 1. The predicted octanol–water partition coefficient (Wildman–Crippen LogP) is 17.2. The van der Waals surface area contributed by atoms with E-state index in [0.717, 1.165) is 37.5 Å². The Balaban J connectivity index is 1.08. The molecular weight excluding hydrogens is 797 g/mol. The van der Waals surface area contributed by atoms with E-state index in [1.165, 1.54) is 190 Å². The molecule has 0 spiro atoms. The highest BCUT2D eigenvalue weighted by Gasteiger charge is 2.48. The second-order valence-corrected chi connectivity index (χ2v) is 20.4. The molecule has 0 atom stereocenters. The SMILES string of the molecule is CCCCCCCCC1(CCCCCCCC)c2cc(C=O)ccc2-c2ccc(-c3ccc4c(c3)C(c3ccc5c(c3)CC5)(c3ccc5c(c3)CC5)c3cc(-c5ccccc5)ccc3-4)cc21. The van der Waals surface area contributed by atoms with E-state index in [9.17, 15) is 4.79 Å². The number of hydrogen-bond donors (Lipinski definition) is 0. The zero-order valence-corrected chi connectivity index (χ0v) is 39.5. The summed E-state index contributed by atoms with van der Waals surface area (Å²) in [4.78, 5) is 12.5. The van der Waals surface area contributed by atoms with Crippen LogP contribution in [0.15, 0.2) is 140 Å². The second kappa shape index (κ2) is 18.1. The zero-order chi connectivity index (χ0) is 44.7. The Morgan fingerprint density at radius 1 is 0.394 bits per heavy atom. The van der Waals surface area contributed by atoms with Crippen molar-refractivity contribution in [2.75, 3.05) is 0 Å². The summed E-state index contributed by atoms with van der Waals surface area (Å²) in [5, 5.41) is 0. The van der Waals surface area contributed by atoms with Crippen molar-refractivity contribution in [3.05, 3.63) is 201 Å². The topological polar surface area (TPSA) is 17.1 Å². The molecule has 0 aliphatic heterocycles. The van der Waals surface area contributed by atoms with Gasteiger partial charge in [-0.15, -0.1) is 0 Å². The molecule has 11 rings (SSSR count). The molecule has 332 valence electrons. The van der Waals surface area contributed by atoms with Crippen LogP contribution in [0, 0.1) is 0 Å². The van der Waals surface area contributed by atoms with Crippen LogP contribution in [0.5, 0.6) is 0 Å². The van der Waals surface area contributed by atoms with Gasteiger partial charge in [0, 0.05) is 11.0 Å². The molecule has 7 aromatic carbocycles. The summed E-state index contributed by atoms with van der Waals surface area (Å²) in [5.74, 6) is 0. The smallest absolute Gasteiger partial charge is 0.150 e. The normalized spacial score (nSPS) is 15.1. The van der Waals surface area contributed by atoms with Crippen LogP contribution in [0.3, 0.4) is 0 Å². The molecule has 0 fully saturated rings. The number of fused-ring (bicyclic) bond motifs is 8. The van der Waals surface area contributed by atoms with E-state index in [4.69, 9.17) is 0 Å². The van der Waals surface area contributed by atoms with E-state index in [-0.39, 0.29) is 5.41 Å². The van der Waals surface area contributed by atoms with E-state index in [1.807, 2.05) is 6.07 Å². The minimum absolute atomic E-state index is 0.114. The van der Waals surface area contributed by atoms with Gasteiger partial charge in [0.2, 0.25) is 0 Å². The molecule has 0 heterocycles. The van der Waals surface area contributed by atoms with Crippen LogP contribution < -0.4 is 0 Å². The average Bonchev–Trinajstić information content (AvgIpc) is 3.78. The number of benzene rings is 7. The second-order valence-electron chi connectivity index (χ2n) is 20.4. The third-order valence-electron chi connectivity index (χ3n) is 16.6. The largest absolute Gasteiger partial charge is 0.298 e. The predicted molar refractivity (Wildman–Crippen MR) is 277 cm³/mol. The fourth-order valence-corrected chi connectivity index (χ4v) is 12.8. The van der Waals surface area contributed by atoms with Crippen molar-refractivity contribution in [2.24, 2.45) is 0 Å². The van der Waals surface area contributed by atoms with Gasteiger partial charge in [-0.05, 0) is 163 Å². The summed E-state index contributed by atoms with van der Waals surface area (Å²) in [6.07, 6.45) is 23.3. The Hall–Kier alpha value is -5.79. The molecule has 4 aliphatic rings. The third kappa shape index (κ3) is 7.24. The molecule has 0 bridgehead atoms. The quantitative estimate of drug-likeness (QED) is 0.0585. The summed E-state index contributed by atoms with van der Waals surface area (Å²) in [6, 6.07) is 54.6. The molecule has 66 heavy (non-hydrogen) atoms. The van der Waals surface area contributed by atoms with Crippen molar-refractivity contribution in [3.8, 4) is 44.5 Å². The Morgan fingerprint density at radius 3 is 1.32 bits per heavy atom. The molecule has 4 aliphatic carbocycles. The zero-order valence-electron chi connectivity index (χ0n) is 39.5. The lowest BCUT2D eigenvalue weighted by Gasteiger charge is -2.37. The summed E-state index contributed by atoms with van der Waals surface area (Å²) in [6.45, 7) is 4.62. The summed E-state index contributed by atoms with van der Waals surface area (Å²) in [5.41, 5.74) is 25.1. The van der Waals surface area contributed by atoms with Gasteiger partial charge in [-0.25, -0.2) is 0 Å². The number of carbonyl (C=O) groups excluding carboxylic acids is 1. The highest BCUT2D eigenvalue weighted by Crippen LogP contribution is 2.59. The van der Waals surface area contributed by atoms with Crippen molar-refractivity contribution in [1.82, 2.24) is 0 Å². The first-order chi connectivity index (χ1) is 32.5. The van der Waals surface area contributed by atoms with Crippen molar-refractivity contribution in [1.29, 1.82) is 0 Å². The molecular formula is C65H66O. The fourth-order valence-electron chi connectivity index (χ4n) is 12.8. The third-order valence-corrected chi connectivity index (χ3v) is 16.6. The number of aryl methyl sites for hydroxylation is 4. The van der Waals surface area contributed by atoms with E-state index in [2.05, 4.69) is 147 Å². The van der Waals surface area contributed by atoms with Crippen molar-refractivity contribution in [3.63, 3.8) is 0 Å². The van der Waals surface area contributed by atoms with Crippen LogP contribution in [0.25, 0.3) is 44.5 Å². The van der Waals surface area contributed by atoms with Gasteiger partial charge in [-0.3, -0.25) is 4.79 Å². The maximum Gasteiger partial charge on any atom is 0.150 e. The molecule has 1 heteroatoms. The minimum atomic E-state index is -0.474. The van der Waals surface area contributed by atoms with Crippen LogP contribution in [-0.2, 0) is 36.5 Å². The number of aldehydes is 1. The van der Waals surface area contributed by atoms with Crippen molar-refractivity contribution in [2.45, 2.75) is 140 Å². The van der Waals surface area contributed by atoms with Gasteiger partial charge in [0.1, 0.15) is 6.29 Å². The van der Waals surface area contributed by atoms with Gasteiger partial charge in [0.05, 0.1) is 5.41 Å². The van der Waals surface area contributed by atoms with E-state index in [0.29, 0.717) is 0 Å². The van der Waals surface area contributed by atoms with Crippen LogP contribution in [0.4, 0.5) is 0 Å². The van der Waals surface area contributed by atoms with Gasteiger partial charge in [-0.2, -0.15) is 0 Å². The lowest BCUT2D eigenvalue weighted by Crippen LogP contribution is -2.30. The first kappa shape index (κ1) is 42.8. The maximum absolute atomic E-state index is 12.5. The first-order valence-corrected chi connectivity index (χ1v) is 25.9. The van der Waals surface area contributed by atoms with E-state index < -0.39 is 5.41 Å². The summed E-state index contributed by atoms with van der Waals surface area (Å²) in [7, 11) is 0. The van der Waals surface area contributed by atoms with Crippen LogP contribution in [-0.4, -0.2) is 6.29 Å². The highest BCUT2D eigenvalue weighted by molar-refractivity contribution is 5.92. The standard InChI is InChI=1S/C65H66O/c1-3-5-7-9-11-16-36-64(37-17-12-10-8-6-4-2)60-38-45(44-66)20-32-56(60)57-33-28-52(41-61(57)64)53-29-35-59-58-34-27-51(46-18-14-13-15-19-46)42-62(58)65(63(59)43-53,54-30-25-47-21-23-49(47)39-54)55-31-26-48-22-24-50(48)40-55/h13-15,18-20,25-35,38-44H,3-12,16-17,21-24,36-37H2,1-2H3. The molecule has 0 N–H and O–H groups in total. The Morgan fingerprint density at radius 2 is 0.833 bits per heavy atom. The summed E-state index contributed by atoms with van der Waals surface area (Å²) >= 11 is 0. The first-order valence-electron chi connectivity index (χ1n) is 25.9. The number of rotatable bonds is 19. The number of hydrogen-bond acceptors (Lipinski definition) is 1. The number of unbranched alkanes of at least 4 members (excludes halogenated alkanes) is 10. The molecule has 0 radical (unpaired) electrons. The summed E-state index contributed by atoms with van der Waals surface area (Å²) < 4.78 is 0. The fraction of sp³-hybridized carbons (Fsp3) is 0.338.